The van der Waals surface area contributed by atoms with Gasteiger partial charge in [0.2, 0.25) is 0 Å². The van der Waals surface area contributed by atoms with Crippen molar-refractivity contribution in [3.63, 3.8) is 0 Å². The SMILES string of the molecule is c1ccc(-c2cccc(-n3c4ccccc4c4c5oc(-c6ccccc6)c(-c6ccccc6)c5ccc43)n2)cc1. The van der Waals surface area contributed by atoms with Gasteiger partial charge in [-0.3, -0.25) is 4.57 Å². The Morgan fingerprint density at radius 1 is 0.475 bits per heavy atom. The van der Waals surface area contributed by atoms with Crippen molar-refractivity contribution in [2.75, 3.05) is 0 Å². The van der Waals surface area contributed by atoms with Gasteiger partial charge in [0, 0.05) is 27.5 Å². The third kappa shape index (κ3) is 3.49. The lowest BCUT2D eigenvalue weighted by atomic mass is 9.98. The molecule has 0 radical (unpaired) electrons. The molecule has 3 heteroatoms. The Morgan fingerprint density at radius 3 is 1.88 bits per heavy atom. The molecule has 8 aromatic rings. The number of hydrogen-bond donors (Lipinski definition) is 0. The maximum atomic E-state index is 6.87. The first-order valence-electron chi connectivity index (χ1n) is 13.5. The second-order valence-corrected chi connectivity index (χ2v) is 9.97. The smallest absolute Gasteiger partial charge is 0.145 e. The van der Waals surface area contributed by atoms with E-state index in [1.165, 1.54) is 0 Å². The number of pyridine rings is 1. The average Bonchev–Trinajstić information content (AvgIpc) is 3.59. The van der Waals surface area contributed by atoms with Gasteiger partial charge in [0.1, 0.15) is 17.2 Å². The summed E-state index contributed by atoms with van der Waals surface area (Å²) in [6.45, 7) is 0. The van der Waals surface area contributed by atoms with E-state index in [1.54, 1.807) is 0 Å². The Labute approximate surface area is 231 Å². The molecule has 0 fully saturated rings. The summed E-state index contributed by atoms with van der Waals surface area (Å²) in [6.07, 6.45) is 0. The standard InChI is InChI=1S/C37H24N2O/c1-4-13-25(14-5-1)30-20-12-22-33(38-30)39-31-21-11-10-19-28(31)35-32(39)24-23-29-34(26-15-6-2-7-16-26)36(40-37(29)35)27-17-8-3-9-18-27/h1-24H. The van der Waals surface area contributed by atoms with Crippen molar-refractivity contribution < 1.29 is 4.42 Å². The van der Waals surface area contributed by atoms with Crippen LogP contribution >= 0.6 is 0 Å². The van der Waals surface area contributed by atoms with Crippen LogP contribution in [-0.2, 0) is 0 Å². The first kappa shape index (κ1) is 22.6. The molecule has 0 atom stereocenters. The largest absolute Gasteiger partial charge is 0.455 e. The van der Waals surface area contributed by atoms with E-state index in [9.17, 15) is 0 Å². The number of aromatic nitrogens is 2. The van der Waals surface area contributed by atoms with Gasteiger partial charge in [-0.05, 0) is 35.9 Å². The van der Waals surface area contributed by atoms with E-state index in [2.05, 4.69) is 126 Å². The van der Waals surface area contributed by atoms with E-state index < -0.39 is 0 Å². The van der Waals surface area contributed by atoms with Crippen LogP contribution in [0.15, 0.2) is 150 Å². The minimum absolute atomic E-state index is 0.880. The fraction of sp³-hybridized carbons (Fsp3) is 0. The second-order valence-electron chi connectivity index (χ2n) is 9.97. The van der Waals surface area contributed by atoms with Crippen LogP contribution in [0.3, 0.4) is 0 Å². The first-order valence-corrected chi connectivity index (χ1v) is 13.5. The molecule has 0 saturated carbocycles. The highest BCUT2D eigenvalue weighted by Gasteiger charge is 2.23. The Balaban J connectivity index is 1.46. The summed E-state index contributed by atoms with van der Waals surface area (Å²) in [7, 11) is 0. The highest BCUT2D eigenvalue weighted by atomic mass is 16.3. The maximum absolute atomic E-state index is 6.87. The summed E-state index contributed by atoms with van der Waals surface area (Å²) < 4.78 is 9.12. The van der Waals surface area contributed by atoms with Crippen molar-refractivity contribution in [1.29, 1.82) is 0 Å². The highest BCUT2D eigenvalue weighted by molar-refractivity contribution is 6.22. The van der Waals surface area contributed by atoms with Crippen molar-refractivity contribution in [3.05, 3.63) is 146 Å². The number of benzene rings is 5. The van der Waals surface area contributed by atoms with E-state index in [4.69, 9.17) is 9.40 Å². The van der Waals surface area contributed by atoms with E-state index in [1.807, 2.05) is 24.3 Å². The number of para-hydroxylation sites is 1. The molecule has 5 aromatic carbocycles. The molecule has 0 amide bonds. The monoisotopic (exact) mass is 512 g/mol. The Hall–Kier alpha value is -5.41. The quantitative estimate of drug-likeness (QED) is 0.235. The summed E-state index contributed by atoms with van der Waals surface area (Å²) in [6, 6.07) is 50.4. The van der Waals surface area contributed by atoms with Crippen molar-refractivity contribution in [3.8, 4) is 39.5 Å². The molecule has 188 valence electrons. The predicted molar refractivity (Wildman–Crippen MR) is 165 cm³/mol. The first-order chi connectivity index (χ1) is 19.9. The number of hydrogen-bond acceptors (Lipinski definition) is 2. The molecule has 3 nitrogen and oxygen atoms in total. The van der Waals surface area contributed by atoms with Crippen LogP contribution in [0.25, 0.3) is 72.3 Å². The zero-order valence-corrected chi connectivity index (χ0v) is 21.7. The summed E-state index contributed by atoms with van der Waals surface area (Å²) in [5, 5.41) is 3.34. The molecular weight excluding hydrogens is 488 g/mol. The van der Waals surface area contributed by atoms with Crippen LogP contribution < -0.4 is 0 Å². The van der Waals surface area contributed by atoms with Crippen molar-refractivity contribution in [2.24, 2.45) is 0 Å². The number of rotatable bonds is 4. The number of nitrogens with zero attached hydrogens (tertiary/aromatic N) is 2. The summed E-state index contributed by atoms with van der Waals surface area (Å²) in [4.78, 5) is 5.12. The van der Waals surface area contributed by atoms with Gasteiger partial charge in [-0.1, -0.05) is 115 Å². The molecular formula is C37H24N2O. The van der Waals surface area contributed by atoms with E-state index in [0.717, 1.165) is 72.3 Å². The van der Waals surface area contributed by atoms with Gasteiger partial charge in [0.05, 0.1) is 22.1 Å². The minimum Gasteiger partial charge on any atom is -0.455 e. The lowest BCUT2D eigenvalue weighted by Gasteiger charge is -2.09. The van der Waals surface area contributed by atoms with Crippen LogP contribution in [-0.4, -0.2) is 9.55 Å². The highest BCUT2D eigenvalue weighted by Crippen LogP contribution is 2.45. The summed E-state index contributed by atoms with van der Waals surface area (Å²) >= 11 is 0. The van der Waals surface area contributed by atoms with Crippen molar-refractivity contribution in [2.45, 2.75) is 0 Å². The zero-order valence-electron chi connectivity index (χ0n) is 21.7. The van der Waals surface area contributed by atoms with Crippen LogP contribution in [0.5, 0.6) is 0 Å². The summed E-state index contributed by atoms with van der Waals surface area (Å²) in [5.74, 6) is 1.76. The molecule has 8 rings (SSSR count). The van der Waals surface area contributed by atoms with Gasteiger partial charge in [-0.25, -0.2) is 4.98 Å². The molecule has 0 bridgehead atoms. The van der Waals surface area contributed by atoms with Gasteiger partial charge in [-0.2, -0.15) is 0 Å². The van der Waals surface area contributed by atoms with E-state index >= 15 is 0 Å². The molecule has 0 aliphatic heterocycles. The number of furan rings is 1. The number of fused-ring (bicyclic) bond motifs is 5. The summed E-state index contributed by atoms with van der Waals surface area (Å²) in [5.41, 5.74) is 8.42. The van der Waals surface area contributed by atoms with Crippen LogP contribution in [0.2, 0.25) is 0 Å². The predicted octanol–water partition coefficient (Wildman–Crippen LogP) is 9.93. The molecule has 0 unspecified atom stereocenters. The normalized spacial score (nSPS) is 11.5. The van der Waals surface area contributed by atoms with Crippen LogP contribution in [0, 0.1) is 0 Å². The maximum Gasteiger partial charge on any atom is 0.145 e. The fourth-order valence-electron chi connectivity index (χ4n) is 5.86. The molecule has 0 N–H and O–H groups in total. The average molecular weight is 513 g/mol. The molecule has 0 spiro atoms. The van der Waals surface area contributed by atoms with Gasteiger partial charge >= 0.3 is 0 Å². The van der Waals surface area contributed by atoms with Crippen LogP contribution in [0.1, 0.15) is 0 Å². The Morgan fingerprint density at radius 2 is 1.12 bits per heavy atom. The molecule has 0 aliphatic rings. The third-order valence-electron chi connectivity index (χ3n) is 7.62. The molecule has 0 saturated heterocycles. The lowest BCUT2D eigenvalue weighted by Crippen LogP contribution is -1.98. The van der Waals surface area contributed by atoms with Gasteiger partial charge in [0.25, 0.3) is 0 Å². The van der Waals surface area contributed by atoms with Gasteiger partial charge < -0.3 is 4.42 Å². The molecule has 3 aromatic heterocycles. The Kier molecular flexibility index (Phi) is 5.14. The Bertz CT molecular complexity index is 2140. The third-order valence-corrected chi connectivity index (χ3v) is 7.62. The molecule has 40 heavy (non-hydrogen) atoms. The van der Waals surface area contributed by atoms with E-state index in [0.29, 0.717) is 0 Å². The van der Waals surface area contributed by atoms with Gasteiger partial charge in [-0.15, -0.1) is 0 Å². The molecule has 0 aliphatic carbocycles. The fourth-order valence-corrected chi connectivity index (χ4v) is 5.86. The topological polar surface area (TPSA) is 31.0 Å². The zero-order chi connectivity index (χ0) is 26.5. The van der Waals surface area contributed by atoms with Crippen LogP contribution in [0.4, 0.5) is 0 Å². The van der Waals surface area contributed by atoms with Gasteiger partial charge in [0.15, 0.2) is 0 Å². The van der Waals surface area contributed by atoms with Crippen molar-refractivity contribution in [1.82, 2.24) is 9.55 Å². The van der Waals surface area contributed by atoms with E-state index in [-0.39, 0.29) is 0 Å². The van der Waals surface area contributed by atoms with Crippen molar-refractivity contribution >= 4 is 32.8 Å². The lowest BCUT2D eigenvalue weighted by molar-refractivity contribution is 0.636. The molecule has 3 heterocycles. The minimum atomic E-state index is 0.880. The second kappa shape index (κ2) is 9.11.